The largest absolute Gasteiger partial charge is 0.508 e. The van der Waals surface area contributed by atoms with Gasteiger partial charge in [0.2, 0.25) is 0 Å². The molecule has 1 fully saturated rings. The number of rotatable bonds is 6. The maximum absolute atomic E-state index is 12.9. The second kappa shape index (κ2) is 8.35. The van der Waals surface area contributed by atoms with E-state index in [0.717, 1.165) is 0 Å². The number of carboxylic acids is 1. The van der Waals surface area contributed by atoms with Gasteiger partial charge in [-0.1, -0.05) is 30.4 Å². The zero-order valence-electron chi connectivity index (χ0n) is 13.3. The monoisotopic (exact) mass is 360 g/mol. The molecule has 0 spiro atoms. The summed E-state index contributed by atoms with van der Waals surface area (Å²) in [4.78, 5) is 10.5. The number of phenols is 1. The number of benzene rings is 1. The lowest BCUT2D eigenvalue weighted by Gasteiger charge is -2.37. The summed E-state index contributed by atoms with van der Waals surface area (Å²) in [6, 6.07) is 6.08. The lowest BCUT2D eigenvalue weighted by atomic mass is 9.91. The van der Waals surface area contributed by atoms with Gasteiger partial charge in [0.15, 0.2) is 0 Å². The van der Waals surface area contributed by atoms with Gasteiger partial charge in [0, 0.05) is 17.9 Å². The first-order valence-electron chi connectivity index (χ1n) is 7.77. The molecule has 2 rings (SSSR count). The van der Waals surface area contributed by atoms with Crippen LogP contribution in [-0.2, 0) is 14.3 Å². The Bertz CT molecular complexity index is 615. The molecule has 1 aromatic carbocycles. The number of hydrogen-bond acceptors (Lipinski definition) is 4. The van der Waals surface area contributed by atoms with Crippen LogP contribution >= 0.6 is 0 Å². The average molecular weight is 360 g/mol. The molecule has 0 saturated carbocycles. The predicted octanol–water partition coefficient (Wildman–Crippen LogP) is 3.80. The van der Waals surface area contributed by atoms with Crippen LogP contribution in [-0.4, -0.2) is 35.3 Å². The van der Waals surface area contributed by atoms with Crippen molar-refractivity contribution in [1.82, 2.24) is 0 Å². The lowest BCUT2D eigenvalue weighted by Crippen LogP contribution is -2.43. The van der Waals surface area contributed by atoms with E-state index >= 15 is 0 Å². The van der Waals surface area contributed by atoms with Crippen molar-refractivity contribution in [3.8, 4) is 5.75 Å². The fraction of sp³-hybridized carbons (Fsp3) is 0.471. The van der Waals surface area contributed by atoms with Gasteiger partial charge in [-0.05, 0) is 18.9 Å². The molecule has 2 N–H and O–H groups in total. The molecule has 3 unspecified atom stereocenters. The number of carbonyl (C=O) groups is 1. The second-order valence-corrected chi connectivity index (χ2v) is 5.72. The highest BCUT2D eigenvalue weighted by atomic mass is 19.4. The first-order valence-corrected chi connectivity index (χ1v) is 7.77. The molecule has 1 heterocycles. The zero-order valence-corrected chi connectivity index (χ0v) is 13.3. The lowest BCUT2D eigenvalue weighted by molar-refractivity contribution is -0.353. The first-order chi connectivity index (χ1) is 11.8. The van der Waals surface area contributed by atoms with E-state index in [2.05, 4.69) is 0 Å². The highest BCUT2D eigenvalue weighted by Gasteiger charge is 2.48. The SMILES string of the molecule is O=C(O)CCC=CCC1COC(C(F)(F)F)OC1c1ccccc1O. The third-order valence-corrected chi connectivity index (χ3v) is 3.80. The molecule has 138 valence electrons. The van der Waals surface area contributed by atoms with Crippen molar-refractivity contribution in [2.75, 3.05) is 6.61 Å². The molecule has 1 aliphatic rings. The highest BCUT2D eigenvalue weighted by Crippen LogP contribution is 2.41. The second-order valence-electron chi connectivity index (χ2n) is 5.72. The van der Waals surface area contributed by atoms with Crippen molar-refractivity contribution in [2.45, 2.75) is 37.8 Å². The Hall–Kier alpha value is -2.06. The van der Waals surface area contributed by atoms with Crippen molar-refractivity contribution in [2.24, 2.45) is 5.92 Å². The number of hydrogen-bond donors (Lipinski definition) is 2. The number of aromatic hydroxyl groups is 1. The van der Waals surface area contributed by atoms with Crippen LogP contribution < -0.4 is 0 Å². The average Bonchev–Trinajstić information content (AvgIpc) is 2.54. The van der Waals surface area contributed by atoms with E-state index < -0.39 is 30.5 Å². The molecule has 8 heteroatoms. The molecule has 0 bridgehead atoms. The summed E-state index contributed by atoms with van der Waals surface area (Å²) >= 11 is 0. The number of carboxylic acid groups (broad SMARTS) is 1. The molecular weight excluding hydrogens is 341 g/mol. The molecule has 0 radical (unpaired) electrons. The molecule has 25 heavy (non-hydrogen) atoms. The summed E-state index contributed by atoms with van der Waals surface area (Å²) in [5.41, 5.74) is 0.268. The van der Waals surface area contributed by atoms with Crippen LogP contribution in [0, 0.1) is 5.92 Å². The normalized spacial score (nSPS) is 24.5. The van der Waals surface area contributed by atoms with Crippen LogP contribution in [0.15, 0.2) is 36.4 Å². The first kappa shape index (κ1) is 19.3. The van der Waals surface area contributed by atoms with Gasteiger partial charge in [-0.25, -0.2) is 0 Å². The van der Waals surface area contributed by atoms with Crippen LogP contribution in [0.3, 0.4) is 0 Å². The fourth-order valence-corrected chi connectivity index (χ4v) is 2.60. The van der Waals surface area contributed by atoms with Crippen molar-refractivity contribution < 1.29 is 37.7 Å². The molecular formula is C17H19F3O5. The molecule has 0 amide bonds. The molecule has 1 aromatic rings. The molecule has 0 aromatic heterocycles. The van der Waals surface area contributed by atoms with Gasteiger partial charge in [-0.15, -0.1) is 0 Å². The summed E-state index contributed by atoms with van der Waals surface area (Å²) in [5, 5.41) is 18.5. The number of ether oxygens (including phenoxy) is 2. The van der Waals surface area contributed by atoms with Crippen molar-refractivity contribution in [3.05, 3.63) is 42.0 Å². The maximum Gasteiger partial charge on any atom is 0.440 e. The standard InChI is InChI=1S/C17H19F3O5/c18-17(19,20)16-24-10-11(6-2-1-3-9-14(22)23)15(25-16)12-7-4-5-8-13(12)21/h1-2,4-5,7-8,11,15-16,21H,3,6,9-10H2,(H,22,23). The Morgan fingerprint density at radius 1 is 1.28 bits per heavy atom. The van der Waals surface area contributed by atoms with Gasteiger partial charge >= 0.3 is 12.1 Å². The van der Waals surface area contributed by atoms with Crippen molar-refractivity contribution in [1.29, 1.82) is 0 Å². The minimum absolute atomic E-state index is 0.0206. The highest BCUT2D eigenvalue weighted by molar-refractivity contribution is 5.66. The third kappa shape index (κ3) is 5.47. The maximum atomic E-state index is 12.9. The Morgan fingerprint density at radius 2 is 2.00 bits per heavy atom. The smallest absolute Gasteiger partial charge is 0.440 e. The zero-order chi connectivity index (χ0) is 18.4. The van der Waals surface area contributed by atoms with Gasteiger partial charge in [0.1, 0.15) is 5.75 Å². The molecule has 1 aliphatic heterocycles. The van der Waals surface area contributed by atoms with Gasteiger partial charge in [-0.3, -0.25) is 4.79 Å². The minimum Gasteiger partial charge on any atom is -0.508 e. The summed E-state index contributed by atoms with van der Waals surface area (Å²) in [7, 11) is 0. The Kier molecular flexibility index (Phi) is 6.44. The predicted molar refractivity (Wildman–Crippen MR) is 81.8 cm³/mol. The number of alkyl halides is 3. The Balaban J connectivity index is 2.11. The van der Waals surface area contributed by atoms with Crippen LogP contribution in [0.1, 0.15) is 30.9 Å². The van der Waals surface area contributed by atoms with E-state index in [1.165, 1.54) is 12.1 Å². The van der Waals surface area contributed by atoms with Crippen molar-refractivity contribution >= 4 is 5.97 Å². The summed E-state index contributed by atoms with van der Waals surface area (Å²) < 4.78 is 48.6. The summed E-state index contributed by atoms with van der Waals surface area (Å²) in [5.74, 6) is -1.50. The van der Waals surface area contributed by atoms with E-state index in [9.17, 15) is 23.1 Å². The fourth-order valence-electron chi connectivity index (χ4n) is 2.60. The van der Waals surface area contributed by atoms with Crippen LogP contribution in [0.25, 0.3) is 0 Å². The third-order valence-electron chi connectivity index (χ3n) is 3.80. The number of allylic oxidation sites excluding steroid dienone is 2. The number of para-hydroxylation sites is 1. The summed E-state index contributed by atoms with van der Waals surface area (Å²) in [6.07, 6.45) is -3.99. The molecule has 3 atom stereocenters. The summed E-state index contributed by atoms with van der Waals surface area (Å²) in [6.45, 7) is -0.188. The Morgan fingerprint density at radius 3 is 2.64 bits per heavy atom. The molecule has 0 aliphatic carbocycles. The van der Waals surface area contributed by atoms with E-state index in [-0.39, 0.29) is 24.3 Å². The van der Waals surface area contributed by atoms with Crippen molar-refractivity contribution in [3.63, 3.8) is 0 Å². The van der Waals surface area contributed by atoms with Gasteiger partial charge < -0.3 is 19.7 Å². The molecule has 5 nitrogen and oxygen atoms in total. The number of halogens is 3. The van der Waals surface area contributed by atoms with Gasteiger partial charge in [0.25, 0.3) is 6.29 Å². The minimum atomic E-state index is -4.66. The molecule has 1 saturated heterocycles. The van der Waals surface area contributed by atoms with E-state index in [4.69, 9.17) is 14.6 Å². The number of phenolic OH excluding ortho intramolecular Hbond substituents is 1. The van der Waals surface area contributed by atoms with Crippen LogP contribution in [0.5, 0.6) is 5.75 Å². The number of aliphatic carboxylic acids is 1. The van der Waals surface area contributed by atoms with Gasteiger partial charge in [0.05, 0.1) is 12.7 Å². The Labute approximate surface area is 142 Å². The van der Waals surface area contributed by atoms with E-state index in [0.29, 0.717) is 12.8 Å². The van der Waals surface area contributed by atoms with Crippen LogP contribution in [0.4, 0.5) is 13.2 Å². The van der Waals surface area contributed by atoms with Crippen LogP contribution in [0.2, 0.25) is 0 Å². The van der Waals surface area contributed by atoms with Gasteiger partial charge in [-0.2, -0.15) is 13.2 Å². The van der Waals surface area contributed by atoms with E-state index in [1.807, 2.05) is 0 Å². The van der Waals surface area contributed by atoms with E-state index in [1.54, 1.807) is 24.3 Å². The topological polar surface area (TPSA) is 76.0 Å². The quantitative estimate of drug-likeness (QED) is 0.755.